The molecule has 1 heteroatoms. The first kappa shape index (κ1) is 21.8. The van der Waals surface area contributed by atoms with Crippen molar-refractivity contribution in [3.63, 3.8) is 0 Å². The van der Waals surface area contributed by atoms with Gasteiger partial charge in [0.25, 0.3) is 0 Å². The highest BCUT2D eigenvalue weighted by molar-refractivity contribution is 5.79. The second kappa shape index (κ2) is 7.86. The van der Waals surface area contributed by atoms with Crippen LogP contribution in [-0.4, -0.2) is 16.5 Å². The van der Waals surface area contributed by atoms with E-state index >= 15 is 0 Å². The van der Waals surface area contributed by atoms with Gasteiger partial charge in [-0.2, -0.15) is 0 Å². The quantitative estimate of drug-likeness (QED) is 0.521. The average Bonchev–Trinajstić information content (AvgIpc) is 3.34. The Morgan fingerprint density at radius 2 is 1.63 bits per heavy atom. The van der Waals surface area contributed by atoms with Crippen molar-refractivity contribution >= 4 is 5.70 Å². The van der Waals surface area contributed by atoms with Crippen molar-refractivity contribution in [2.24, 2.45) is 0 Å². The van der Waals surface area contributed by atoms with Crippen LogP contribution in [0, 0.1) is 13.8 Å². The fourth-order valence-electron chi connectivity index (χ4n) is 6.00. The maximum Gasteiger partial charge on any atom is 0.0512 e. The molecule has 3 aliphatic rings. The van der Waals surface area contributed by atoms with Gasteiger partial charge in [0.15, 0.2) is 0 Å². The van der Waals surface area contributed by atoms with Crippen molar-refractivity contribution in [2.45, 2.75) is 105 Å². The first-order chi connectivity index (χ1) is 12.9. The van der Waals surface area contributed by atoms with Gasteiger partial charge in [0.2, 0.25) is 0 Å². The summed E-state index contributed by atoms with van der Waals surface area (Å²) in [6.45, 7) is 22.0. The smallest absolute Gasteiger partial charge is 0.0512 e. The first-order valence-corrected chi connectivity index (χ1v) is 11.2. The third-order valence-electron chi connectivity index (χ3n) is 6.78. The number of benzene rings is 1. The molecule has 0 N–H and O–H groups in total. The first-order valence-electron chi connectivity index (χ1n) is 11.2. The maximum absolute atomic E-state index is 2.77. The minimum atomic E-state index is 0.331. The van der Waals surface area contributed by atoms with Gasteiger partial charge in [-0.25, -0.2) is 0 Å². The number of aryl methyl sites for hydroxylation is 2. The molecule has 1 nitrogen and oxygen atoms in total. The number of rotatable bonds is 2. The zero-order chi connectivity index (χ0) is 20.6. The minimum absolute atomic E-state index is 0.331. The standard InChI is InChI=1S/C22H29N.2C2H6/c1-7-21-13-22(21,8-2)23-17(6)10-15(4)12-19(23)18-11-14(3)9-16(5)20(18)21;2*1-2/h9-12,17H,7-8,13H2,1-6H3;2*1-2H3. The molecule has 0 amide bonds. The second-order valence-electron chi connectivity index (χ2n) is 8.05. The van der Waals surface area contributed by atoms with Gasteiger partial charge in [-0.1, -0.05) is 64.8 Å². The number of fused-ring (bicyclic) bond motifs is 6. The van der Waals surface area contributed by atoms with Crippen LogP contribution >= 0.6 is 0 Å². The summed E-state index contributed by atoms with van der Waals surface area (Å²) in [4.78, 5) is 2.77. The third-order valence-corrected chi connectivity index (χ3v) is 6.78. The fraction of sp³-hybridized carbons (Fsp3) is 0.615. The van der Waals surface area contributed by atoms with E-state index in [1.165, 1.54) is 47.2 Å². The molecule has 0 saturated heterocycles. The Bertz CT molecular complexity index is 754. The molecule has 3 atom stereocenters. The molecule has 2 aliphatic heterocycles. The van der Waals surface area contributed by atoms with Crippen molar-refractivity contribution in [3.8, 4) is 0 Å². The van der Waals surface area contributed by atoms with Crippen LogP contribution in [0.1, 0.15) is 96.9 Å². The van der Waals surface area contributed by atoms with E-state index in [2.05, 4.69) is 70.7 Å². The highest BCUT2D eigenvalue weighted by atomic mass is 15.3. The molecule has 4 rings (SSSR count). The van der Waals surface area contributed by atoms with Crippen molar-refractivity contribution in [1.82, 2.24) is 4.90 Å². The van der Waals surface area contributed by atoms with Crippen LogP contribution < -0.4 is 0 Å². The molecule has 0 aromatic heterocycles. The molecular formula is C26H41N. The van der Waals surface area contributed by atoms with E-state index in [9.17, 15) is 0 Å². The molecule has 0 spiro atoms. The lowest BCUT2D eigenvalue weighted by molar-refractivity contribution is 0.191. The predicted molar refractivity (Wildman–Crippen MR) is 121 cm³/mol. The van der Waals surface area contributed by atoms with E-state index in [0.29, 0.717) is 17.0 Å². The average molecular weight is 368 g/mol. The van der Waals surface area contributed by atoms with Crippen LogP contribution in [-0.2, 0) is 5.41 Å². The van der Waals surface area contributed by atoms with E-state index in [1.807, 2.05) is 27.7 Å². The van der Waals surface area contributed by atoms with Crippen LogP contribution in [0.25, 0.3) is 5.70 Å². The van der Waals surface area contributed by atoms with Gasteiger partial charge in [-0.3, -0.25) is 0 Å². The molecule has 1 saturated carbocycles. The molecular weight excluding hydrogens is 326 g/mol. The molecule has 3 unspecified atom stereocenters. The Kier molecular flexibility index (Phi) is 6.34. The Morgan fingerprint density at radius 3 is 2.19 bits per heavy atom. The topological polar surface area (TPSA) is 3.24 Å². The van der Waals surface area contributed by atoms with Crippen LogP contribution in [0.5, 0.6) is 0 Å². The Balaban J connectivity index is 0.000000614. The molecule has 0 radical (unpaired) electrons. The van der Waals surface area contributed by atoms with Crippen LogP contribution in [0.4, 0.5) is 0 Å². The van der Waals surface area contributed by atoms with Gasteiger partial charge < -0.3 is 4.90 Å². The van der Waals surface area contributed by atoms with Gasteiger partial charge in [-0.05, 0) is 70.2 Å². The van der Waals surface area contributed by atoms with Gasteiger partial charge in [0.05, 0.1) is 5.54 Å². The second-order valence-corrected chi connectivity index (χ2v) is 8.05. The Labute approximate surface area is 168 Å². The third kappa shape index (κ3) is 2.89. The van der Waals surface area contributed by atoms with Crippen molar-refractivity contribution < 1.29 is 0 Å². The van der Waals surface area contributed by atoms with Crippen molar-refractivity contribution in [1.29, 1.82) is 0 Å². The van der Waals surface area contributed by atoms with Gasteiger partial charge in [0.1, 0.15) is 0 Å². The van der Waals surface area contributed by atoms with E-state index in [0.717, 1.165) is 0 Å². The number of allylic oxidation sites excluding steroid dienone is 2. The molecule has 150 valence electrons. The minimum Gasteiger partial charge on any atom is -0.358 e. The van der Waals surface area contributed by atoms with Gasteiger partial charge in [-0.15, -0.1) is 0 Å². The Hall–Kier alpha value is -1.50. The van der Waals surface area contributed by atoms with Crippen molar-refractivity contribution in [2.75, 3.05) is 0 Å². The molecule has 1 aliphatic carbocycles. The summed E-state index contributed by atoms with van der Waals surface area (Å²) in [5.74, 6) is 0. The van der Waals surface area contributed by atoms with Crippen LogP contribution in [0.2, 0.25) is 0 Å². The van der Waals surface area contributed by atoms with Gasteiger partial charge in [0, 0.05) is 22.7 Å². The fourth-order valence-corrected chi connectivity index (χ4v) is 6.00. The number of hydrogen-bond acceptors (Lipinski definition) is 1. The zero-order valence-electron chi connectivity index (χ0n) is 19.5. The monoisotopic (exact) mass is 367 g/mol. The number of hydrogen-bond donors (Lipinski definition) is 0. The number of nitrogens with zero attached hydrogens (tertiary/aromatic N) is 1. The molecule has 2 heterocycles. The highest BCUT2D eigenvalue weighted by Crippen LogP contribution is 2.71. The summed E-state index contributed by atoms with van der Waals surface area (Å²) < 4.78 is 0. The molecule has 1 fully saturated rings. The van der Waals surface area contributed by atoms with Crippen molar-refractivity contribution in [3.05, 3.63) is 52.1 Å². The van der Waals surface area contributed by atoms with Crippen LogP contribution in [0.3, 0.4) is 0 Å². The summed E-state index contributed by atoms with van der Waals surface area (Å²) in [6, 6.07) is 5.32. The van der Waals surface area contributed by atoms with Gasteiger partial charge >= 0.3 is 0 Å². The molecule has 0 bridgehead atoms. The lowest BCUT2D eigenvalue weighted by Gasteiger charge is -2.49. The predicted octanol–water partition coefficient (Wildman–Crippen LogP) is 7.56. The lowest BCUT2D eigenvalue weighted by atomic mass is 9.74. The summed E-state index contributed by atoms with van der Waals surface area (Å²) in [5, 5.41) is 0. The summed E-state index contributed by atoms with van der Waals surface area (Å²) in [5.41, 5.74) is 9.61. The van der Waals surface area contributed by atoms with E-state index < -0.39 is 0 Å². The largest absolute Gasteiger partial charge is 0.358 e. The SMILES string of the molecule is CC.CC.CCC12CC1(CC)N1C(=CC(C)=CC1C)c1cc(C)cc(C)c12. The summed E-state index contributed by atoms with van der Waals surface area (Å²) >= 11 is 0. The Morgan fingerprint density at radius 1 is 1.00 bits per heavy atom. The van der Waals surface area contributed by atoms with E-state index in [1.54, 1.807) is 5.56 Å². The molecule has 27 heavy (non-hydrogen) atoms. The van der Waals surface area contributed by atoms with Crippen LogP contribution in [0.15, 0.2) is 29.9 Å². The zero-order valence-corrected chi connectivity index (χ0v) is 19.5. The molecule has 1 aromatic carbocycles. The summed E-state index contributed by atoms with van der Waals surface area (Å²) in [6.07, 6.45) is 8.66. The normalized spacial score (nSPS) is 29.6. The molecule has 1 aromatic rings. The highest BCUT2D eigenvalue weighted by Gasteiger charge is 2.72. The maximum atomic E-state index is 2.77. The lowest BCUT2D eigenvalue weighted by Crippen LogP contribution is -2.50. The van der Waals surface area contributed by atoms with E-state index in [4.69, 9.17) is 0 Å². The van der Waals surface area contributed by atoms with E-state index in [-0.39, 0.29) is 0 Å². The summed E-state index contributed by atoms with van der Waals surface area (Å²) in [7, 11) is 0.